The molecule has 1 heterocycles. The Kier molecular flexibility index (Phi) is 7.10. The molecule has 21 heavy (non-hydrogen) atoms. The molecule has 0 aromatic heterocycles. The lowest BCUT2D eigenvalue weighted by molar-refractivity contribution is -0.145. The molecule has 1 aliphatic heterocycles. The molecule has 8 nitrogen and oxygen atoms in total. The summed E-state index contributed by atoms with van der Waals surface area (Å²) in [4.78, 5) is 36.5. The number of hydrogen-bond acceptors (Lipinski definition) is 6. The molecule has 0 aromatic carbocycles. The molecule has 2 atom stereocenters. The van der Waals surface area contributed by atoms with Gasteiger partial charge in [-0.3, -0.25) is 9.59 Å². The van der Waals surface area contributed by atoms with Crippen LogP contribution in [0.5, 0.6) is 0 Å². The highest BCUT2D eigenvalue weighted by atomic mass is 16.5. The van der Waals surface area contributed by atoms with E-state index in [4.69, 9.17) is 4.74 Å². The number of rotatable bonds is 6. The molecule has 0 bridgehead atoms. The summed E-state index contributed by atoms with van der Waals surface area (Å²) in [5, 5.41) is 5.44. The molecular weight excluding hydrogens is 278 g/mol. The van der Waals surface area contributed by atoms with Crippen LogP contribution in [0, 0.1) is 0 Å². The number of hydrogen-bond donors (Lipinski definition) is 2. The fraction of sp³-hybridized carbons (Fsp3) is 0.769. The van der Waals surface area contributed by atoms with Gasteiger partial charge in [-0.05, 0) is 6.92 Å². The molecule has 0 spiro atoms. The standard InChI is InChI=1S/C13H23N3O5/c1-9(12(18)16-4-6-21-7-5-16)14-8-11(13(19)20-3)15-10(2)17/h9,11,14H,4-8H2,1-3H3,(H,15,17). The van der Waals surface area contributed by atoms with Gasteiger partial charge in [-0.1, -0.05) is 0 Å². The molecule has 2 amide bonds. The monoisotopic (exact) mass is 301 g/mol. The van der Waals surface area contributed by atoms with Crippen molar-refractivity contribution in [3.05, 3.63) is 0 Å². The lowest BCUT2D eigenvalue weighted by atomic mass is 10.2. The Balaban J connectivity index is 2.47. The van der Waals surface area contributed by atoms with Crippen molar-refractivity contribution in [1.82, 2.24) is 15.5 Å². The molecule has 2 unspecified atom stereocenters. The number of ether oxygens (including phenoxy) is 2. The second-order valence-corrected chi connectivity index (χ2v) is 4.84. The molecule has 1 fully saturated rings. The van der Waals surface area contributed by atoms with Crippen molar-refractivity contribution in [2.24, 2.45) is 0 Å². The molecule has 1 aliphatic rings. The predicted octanol–water partition coefficient (Wildman–Crippen LogP) is -1.50. The molecular formula is C13H23N3O5. The Bertz CT molecular complexity index is 382. The minimum atomic E-state index is -0.813. The van der Waals surface area contributed by atoms with Crippen LogP contribution in [0.1, 0.15) is 13.8 Å². The van der Waals surface area contributed by atoms with Crippen molar-refractivity contribution in [2.45, 2.75) is 25.9 Å². The summed E-state index contributed by atoms with van der Waals surface area (Å²) in [5.41, 5.74) is 0. The second-order valence-electron chi connectivity index (χ2n) is 4.84. The van der Waals surface area contributed by atoms with E-state index in [1.54, 1.807) is 11.8 Å². The van der Waals surface area contributed by atoms with E-state index in [9.17, 15) is 14.4 Å². The van der Waals surface area contributed by atoms with Gasteiger partial charge in [0.1, 0.15) is 6.04 Å². The smallest absolute Gasteiger partial charge is 0.329 e. The van der Waals surface area contributed by atoms with Crippen molar-refractivity contribution in [2.75, 3.05) is 40.0 Å². The zero-order valence-corrected chi connectivity index (χ0v) is 12.7. The normalized spacial score (nSPS) is 17.8. The van der Waals surface area contributed by atoms with Gasteiger partial charge in [0.05, 0.1) is 26.4 Å². The van der Waals surface area contributed by atoms with E-state index in [1.165, 1.54) is 14.0 Å². The van der Waals surface area contributed by atoms with Crippen molar-refractivity contribution in [1.29, 1.82) is 0 Å². The first-order valence-corrected chi connectivity index (χ1v) is 6.90. The van der Waals surface area contributed by atoms with Gasteiger partial charge in [-0.25, -0.2) is 4.79 Å². The third kappa shape index (κ3) is 5.68. The van der Waals surface area contributed by atoms with Gasteiger partial charge in [-0.15, -0.1) is 0 Å². The van der Waals surface area contributed by atoms with Gasteiger partial charge in [-0.2, -0.15) is 0 Å². The number of carbonyl (C=O) groups excluding carboxylic acids is 3. The molecule has 0 aromatic rings. The fourth-order valence-electron chi connectivity index (χ4n) is 2.02. The van der Waals surface area contributed by atoms with Crippen LogP contribution in [0.25, 0.3) is 0 Å². The highest BCUT2D eigenvalue weighted by molar-refractivity contribution is 5.84. The molecule has 1 rings (SSSR count). The summed E-state index contributed by atoms with van der Waals surface area (Å²) in [6, 6.07) is -1.27. The molecule has 120 valence electrons. The maximum atomic E-state index is 12.2. The SMILES string of the molecule is COC(=O)C(CNC(C)C(=O)N1CCOCC1)NC(C)=O. The van der Waals surface area contributed by atoms with E-state index < -0.39 is 18.1 Å². The zero-order chi connectivity index (χ0) is 15.8. The third-order valence-electron chi connectivity index (χ3n) is 3.18. The third-order valence-corrected chi connectivity index (χ3v) is 3.18. The summed E-state index contributed by atoms with van der Waals surface area (Å²) in [7, 11) is 1.25. The quantitative estimate of drug-likeness (QED) is 0.580. The highest BCUT2D eigenvalue weighted by Crippen LogP contribution is 2.01. The van der Waals surface area contributed by atoms with Crippen molar-refractivity contribution in [3.8, 4) is 0 Å². The Morgan fingerprint density at radius 1 is 1.29 bits per heavy atom. The van der Waals surface area contributed by atoms with Gasteiger partial charge >= 0.3 is 5.97 Å². The predicted molar refractivity (Wildman–Crippen MR) is 74.5 cm³/mol. The van der Waals surface area contributed by atoms with Crippen LogP contribution in [0.15, 0.2) is 0 Å². The minimum absolute atomic E-state index is 0.0512. The van der Waals surface area contributed by atoms with E-state index in [0.717, 1.165) is 0 Å². The van der Waals surface area contributed by atoms with Gasteiger partial charge in [0.25, 0.3) is 0 Å². The number of nitrogens with zero attached hydrogens (tertiary/aromatic N) is 1. The Morgan fingerprint density at radius 3 is 2.43 bits per heavy atom. The number of morpholine rings is 1. The molecule has 0 aliphatic carbocycles. The van der Waals surface area contributed by atoms with E-state index in [2.05, 4.69) is 15.4 Å². The Morgan fingerprint density at radius 2 is 1.90 bits per heavy atom. The summed E-state index contributed by atoms with van der Waals surface area (Å²) in [6.07, 6.45) is 0. The Labute approximate surface area is 124 Å². The summed E-state index contributed by atoms with van der Waals surface area (Å²) in [5.74, 6) is -0.937. The van der Waals surface area contributed by atoms with Crippen molar-refractivity contribution in [3.63, 3.8) is 0 Å². The van der Waals surface area contributed by atoms with Crippen LogP contribution < -0.4 is 10.6 Å². The molecule has 8 heteroatoms. The topological polar surface area (TPSA) is 97.0 Å². The Hall–Kier alpha value is -1.67. The average molecular weight is 301 g/mol. The largest absolute Gasteiger partial charge is 0.467 e. The average Bonchev–Trinajstić information content (AvgIpc) is 2.50. The molecule has 2 N–H and O–H groups in total. The maximum Gasteiger partial charge on any atom is 0.329 e. The summed E-state index contributed by atoms with van der Waals surface area (Å²) in [6.45, 7) is 5.37. The number of amides is 2. The van der Waals surface area contributed by atoms with E-state index in [0.29, 0.717) is 26.3 Å². The van der Waals surface area contributed by atoms with E-state index in [-0.39, 0.29) is 18.4 Å². The van der Waals surface area contributed by atoms with E-state index in [1.807, 2.05) is 0 Å². The minimum Gasteiger partial charge on any atom is -0.467 e. The lowest BCUT2D eigenvalue weighted by Gasteiger charge is -2.30. The van der Waals surface area contributed by atoms with Gasteiger partial charge in [0.2, 0.25) is 11.8 Å². The van der Waals surface area contributed by atoms with Gasteiger partial charge in [0, 0.05) is 26.6 Å². The van der Waals surface area contributed by atoms with E-state index >= 15 is 0 Å². The van der Waals surface area contributed by atoms with Crippen molar-refractivity contribution < 1.29 is 23.9 Å². The van der Waals surface area contributed by atoms with Gasteiger partial charge < -0.3 is 25.0 Å². The van der Waals surface area contributed by atoms with Crippen LogP contribution in [-0.2, 0) is 23.9 Å². The molecule has 1 saturated heterocycles. The van der Waals surface area contributed by atoms with Gasteiger partial charge in [0.15, 0.2) is 0 Å². The lowest BCUT2D eigenvalue weighted by Crippen LogP contribution is -2.53. The molecule has 0 radical (unpaired) electrons. The highest BCUT2D eigenvalue weighted by Gasteiger charge is 2.25. The van der Waals surface area contributed by atoms with Crippen molar-refractivity contribution >= 4 is 17.8 Å². The first kappa shape index (κ1) is 17.4. The number of methoxy groups -OCH3 is 1. The first-order chi connectivity index (χ1) is 9.95. The maximum absolute atomic E-state index is 12.2. The zero-order valence-electron chi connectivity index (χ0n) is 12.7. The first-order valence-electron chi connectivity index (χ1n) is 6.90. The second kappa shape index (κ2) is 8.58. The van der Waals surface area contributed by atoms with Crippen LogP contribution in [-0.4, -0.2) is 74.7 Å². The number of carbonyl (C=O) groups is 3. The number of esters is 1. The van der Waals surface area contributed by atoms with Crippen LogP contribution >= 0.6 is 0 Å². The van der Waals surface area contributed by atoms with Crippen LogP contribution in [0.4, 0.5) is 0 Å². The van der Waals surface area contributed by atoms with Crippen LogP contribution in [0.3, 0.4) is 0 Å². The molecule has 0 saturated carbocycles. The fourth-order valence-corrected chi connectivity index (χ4v) is 2.02. The van der Waals surface area contributed by atoms with Crippen LogP contribution in [0.2, 0.25) is 0 Å². The summed E-state index contributed by atoms with van der Waals surface area (Å²) >= 11 is 0. The summed E-state index contributed by atoms with van der Waals surface area (Å²) < 4.78 is 9.81. The number of nitrogens with one attached hydrogen (secondary N) is 2.